The van der Waals surface area contributed by atoms with Crippen molar-refractivity contribution in [2.24, 2.45) is 0 Å². The van der Waals surface area contributed by atoms with Crippen molar-refractivity contribution in [3.05, 3.63) is 95.8 Å². The molecule has 1 heterocycles. The van der Waals surface area contributed by atoms with Gasteiger partial charge in [-0.3, -0.25) is 4.79 Å². The molecule has 3 aromatic carbocycles. The van der Waals surface area contributed by atoms with Gasteiger partial charge in [0.15, 0.2) is 0 Å². The number of halogens is 1. The van der Waals surface area contributed by atoms with Crippen LogP contribution in [-0.4, -0.2) is 36.2 Å². The normalized spacial score (nSPS) is 20.7. The standard InChI is InChI=1S/C24H23FN2O2/c25-20-9-5-4-8-19(20)16-10-12-17(13-11-16)23-21(27-22(23)15-28)14-26-24(29)18-6-2-1-3-7-18/h1-13,21-23,27-28H,14-15H2,(H,26,29)/t21-,22-,23-/m0/s1. The Morgan fingerprint density at radius 2 is 1.62 bits per heavy atom. The smallest absolute Gasteiger partial charge is 0.251 e. The van der Waals surface area contributed by atoms with E-state index in [1.165, 1.54) is 6.07 Å². The number of amides is 1. The summed E-state index contributed by atoms with van der Waals surface area (Å²) < 4.78 is 14.0. The topological polar surface area (TPSA) is 61.4 Å². The fourth-order valence-electron chi connectivity index (χ4n) is 3.94. The Morgan fingerprint density at radius 1 is 0.931 bits per heavy atom. The minimum Gasteiger partial charge on any atom is -0.395 e. The predicted octanol–water partition coefficient (Wildman–Crippen LogP) is 3.34. The van der Waals surface area contributed by atoms with Crippen LogP contribution in [-0.2, 0) is 0 Å². The number of nitrogens with one attached hydrogen (secondary N) is 2. The molecule has 148 valence electrons. The zero-order valence-electron chi connectivity index (χ0n) is 15.9. The molecule has 0 saturated carbocycles. The van der Waals surface area contributed by atoms with Crippen LogP contribution >= 0.6 is 0 Å². The second kappa shape index (κ2) is 8.55. The molecule has 4 nitrogen and oxygen atoms in total. The molecular weight excluding hydrogens is 367 g/mol. The molecular formula is C24H23FN2O2. The second-order valence-electron chi connectivity index (χ2n) is 7.27. The van der Waals surface area contributed by atoms with Crippen molar-refractivity contribution in [2.75, 3.05) is 13.2 Å². The third-order valence-electron chi connectivity index (χ3n) is 5.49. The Hall–Kier alpha value is -3.02. The fourth-order valence-corrected chi connectivity index (χ4v) is 3.94. The molecule has 0 aromatic heterocycles. The van der Waals surface area contributed by atoms with E-state index in [9.17, 15) is 14.3 Å². The summed E-state index contributed by atoms with van der Waals surface area (Å²) >= 11 is 0. The van der Waals surface area contributed by atoms with Gasteiger partial charge in [0, 0.05) is 35.7 Å². The fraction of sp³-hybridized carbons (Fsp3) is 0.208. The van der Waals surface area contributed by atoms with E-state index in [0.717, 1.165) is 11.1 Å². The number of carbonyl (C=O) groups is 1. The van der Waals surface area contributed by atoms with Gasteiger partial charge in [0.2, 0.25) is 0 Å². The zero-order chi connectivity index (χ0) is 20.2. The third-order valence-corrected chi connectivity index (χ3v) is 5.49. The van der Waals surface area contributed by atoms with Gasteiger partial charge in [0.05, 0.1) is 6.61 Å². The van der Waals surface area contributed by atoms with Crippen LogP contribution in [0.4, 0.5) is 4.39 Å². The van der Waals surface area contributed by atoms with Crippen molar-refractivity contribution in [1.29, 1.82) is 0 Å². The van der Waals surface area contributed by atoms with Crippen LogP contribution < -0.4 is 10.6 Å². The maximum atomic E-state index is 14.0. The predicted molar refractivity (Wildman–Crippen MR) is 111 cm³/mol. The summed E-state index contributed by atoms with van der Waals surface area (Å²) in [5, 5.41) is 15.9. The van der Waals surface area contributed by atoms with Crippen LogP contribution in [0.1, 0.15) is 21.8 Å². The maximum Gasteiger partial charge on any atom is 0.251 e. The summed E-state index contributed by atoms with van der Waals surface area (Å²) in [6.45, 7) is 0.479. The summed E-state index contributed by atoms with van der Waals surface area (Å²) in [5.41, 5.74) is 3.06. The summed E-state index contributed by atoms with van der Waals surface area (Å²) in [6, 6.07) is 23.5. The van der Waals surface area contributed by atoms with Gasteiger partial charge in [-0.25, -0.2) is 4.39 Å². The van der Waals surface area contributed by atoms with Crippen molar-refractivity contribution < 1.29 is 14.3 Å². The van der Waals surface area contributed by atoms with Crippen LogP contribution in [0.15, 0.2) is 78.9 Å². The van der Waals surface area contributed by atoms with Gasteiger partial charge in [-0.1, -0.05) is 60.7 Å². The van der Waals surface area contributed by atoms with Gasteiger partial charge in [-0.05, 0) is 29.3 Å². The van der Waals surface area contributed by atoms with Gasteiger partial charge in [0.25, 0.3) is 5.91 Å². The quantitative estimate of drug-likeness (QED) is 0.605. The van der Waals surface area contributed by atoms with E-state index >= 15 is 0 Å². The minimum absolute atomic E-state index is 0.0167. The average molecular weight is 390 g/mol. The van der Waals surface area contributed by atoms with Crippen molar-refractivity contribution >= 4 is 5.91 Å². The average Bonchev–Trinajstić information content (AvgIpc) is 2.75. The Labute approximate surface area is 169 Å². The van der Waals surface area contributed by atoms with Crippen molar-refractivity contribution in [3.8, 4) is 11.1 Å². The first-order chi connectivity index (χ1) is 14.2. The van der Waals surface area contributed by atoms with Crippen LogP contribution in [0.25, 0.3) is 11.1 Å². The number of aliphatic hydroxyl groups is 1. The Bertz CT molecular complexity index is 976. The highest BCUT2D eigenvalue weighted by atomic mass is 19.1. The van der Waals surface area contributed by atoms with Gasteiger partial charge in [-0.15, -0.1) is 0 Å². The van der Waals surface area contributed by atoms with Gasteiger partial charge in [-0.2, -0.15) is 0 Å². The molecule has 29 heavy (non-hydrogen) atoms. The van der Waals surface area contributed by atoms with Crippen molar-refractivity contribution in [2.45, 2.75) is 18.0 Å². The Morgan fingerprint density at radius 3 is 2.31 bits per heavy atom. The number of aliphatic hydroxyl groups excluding tert-OH is 1. The van der Waals surface area contributed by atoms with Crippen LogP contribution in [0.2, 0.25) is 0 Å². The van der Waals surface area contributed by atoms with E-state index < -0.39 is 0 Å². The van der Waals surface area contributed by atoms with E-state index in [4.69, 9.17) is 0 Å². The number of rotatable bonds is 6. The minimum atomic E-state index is -0.250. The molecule has 5 heteroatoms. The highest BCUT2D eigenvalue weighted by molar-refractivity contribution is 5.94. The molecule has 3 aromatic rings. The molecule has 1 fully saturated rings. The lowest BCUT2D eigenvalue weighted by Gasteiger charge is -2.46. The van der Waals surface area contributed by atoms with Crippen LogP contribution in [0, 0.1) is 5.82 Å². The number of hydrogen-bond acceptors (Lipinski definition) is 3. The van der Waals surface area contributed by atoms with E-state index in [1.54, 1.807) is 24.3 Å². The molecule has 1 amide bonds. The van der Waals surface area contributed by atoms with E-state index in [1.807, 2.05) is 48.5 Å². The maximum absolute atomic E-state index is 14.0. The van der Waals surface area contributed by atoms with Crippen LogP contribution in [0.5, 0.6) is 0 Å². The van der Waals surface area contributed by atoms with E-state index in [-0.39, 0.29) is 36.3 Å². The van der Waals surface area contributed by atoms with Crippen molar-refractivity contribution in [3.63, 3.8) is 0 Å². The number of benzene rings is 3. The molecule has 0 radical (unpaired) electrons. The molecule has 0 aliphatic carbocycles. The molecule has 0 spiro atoms. The number of carbonyl (C=O) groups excluding carboxylic acids is 1. The molecule has 3 N–H and O–H groups in total. The van der Waals surface area contributed by atoms with Gasteiger partial charge < -0.3 is 15.7 Å². The lowest BCUT2D eigenvalue weighted by Crippen LogP contribution is -2.64. The van der Waals surface area contributed by atoms with E-state index in [2.05, 4.69) is 10.6 Å². The summed E-state index contributed by atoms with van der Waals surface area (Å²) in [5.74, 6) is -0.292. The number of hydrogen-bond donors (Lipinski definition) is 3. The Kier molecular flexibility index (Phi) is 5.69. The first-order valence-electron chi connectivity index (χ1n) is 9.72. The van der Waals surface area contributed by atoms with Crippen LogP contribution in [0.3, 0.4) is 0 Å². The summed E-state index contributed by atoms with van der Waals surface area (Å²) in [7, 11) is 0. The first-order valence-corrected chi connectivity index (χ1v) is 9.72. The lowest BCUT2D eigenvalue weighted by atomic mass is 9.77. The lowest BCUT2D eigenvalue weighted by molar-refractivity contribution is 0.0910. The highest BCUT2D eigenvalue weighted by Gasteiger charge is 2.40. The van der Waals surface area contributed by atoms with Gasteiger partial charge >= 0.3 is 0 Å². The summed E-state index contributed by atoms with van der Waals surface area (Å²) in [4.78, 5) is 12.3. The molecule has 4 rings (SSSR count). The molecule has 1 aliphatic rings. The molecule has 0 bridgehead atoms. The largest absolute Gasteiger partial charge is 0.395 e. The molecule has 1 aliphatic heterocycles. The van der Waals surface area contributed by atoms with E-state index in [0.29, 0.717) is 17.7 Å². The monoisotopic (exact) mass is 390 g/mol. The molecule has 0 unspecified atom stereocenters. The summed E-state index contributed by atoms with van der Waals surface area (Å²) in [6.07, 6.45) is 0. The molecule has 1 saturated heterocycles. The van der Waals surface area contributed by atoms with Crippen molar-refractivity contribution in [1.82, 2.24) is 10.6 Å². The highest BCUT2D eigenvalue weighted by Crippen LogP contribution is 2.33. The zero-order valence-corrected chi connectivity index (χ0v) is 15.9. The Balaban J connectivity index is 1.45. The SMILES string of the molecule is O=C(NC[C@@H]1N[C@@H](CO)[C@H]1c1ccc(-c2ccccc2F)cc1)c1ccccc1. The third kappa shape index (κ3) is 4.06. The second-order valence-corrected chi connectivity index (χ2v) is 7.27. The first kappa shape index (κ1) is 19.3. The molecule has 3 atom stereocenters. The van der Waals surface area contributed by atoms with Gasteiger partial charge in [0.1, 0.15) is 5.82 Å².